The zero-order chi connectivity index (χ0) is 30.4. The highest BCUT2D eigenvalue weighted by Crippen LogP contribution is 2.87. The van der Waals surface area contributed by atoms with E-state index in [0.717, 1.165) is 25.7 Å². The second-order valence-electron chi connectivity index (χ2n) is 17.5. The van der Waals surface area contributed by atoms with Gasteiger partial charge in [0.1, 0.15) is 17.8 Å². The molecule has 3 spiro atoms. The van der Waals surface area contributed by atoms with E-state index in [4.69, 9.17) is 23.7 Å². The Morgan fingerprint density at radius 3 is 2.40 bits per heavy atom. The van der Waals surface area contributed by atoms with Gasteiger partial charge in [-0.05, 0) is 111 Å². The largest absolute Gasteiger partial charge is 0.457 e. The van der Waals surface area contributed by atoms with E-state index in [0.29, 0.717) is 40.9 Å². The normalized spacial score (nSPS) is 56.2. The Labute approximate surface area is 256 Å². The van der Waals surface area contributed by atoms with Gasteiger partial charge in [-0.1, -0.05) is 20.8 Å². The Balaban J connectivity index is 1.02. The van der Waals surface area contributed by atoms with E-state index < -0.39 is 29.9 Å². The molecule has 14 unspecified atom stereocenters. The molecule has 5 saturated carbocycles. The standard InChI is InChI=1S/C35H54O8/c1-19(36)41-31(4,5)29-24-8-10-26-32(6)13-14-33-18-34(33)12-11-27(40-28-15-22(37)23(38)17-39-28)30(2,3)25(34)9-7-20(33)21(32)16-35(26,42-24)43-29/h20-29,37-38H,7-18H2,1-6H3. The molecule has 0 aromatic rings. The summed E-state index contributed by atoms with van der Waals surface area (Å²) in [6, 6.07) is 0. The molecule has 0 aromatic carbocycles. The van der Waals surface area contributed by atoms with Crippen LogP contribution in [0.2, 0.25) is 0 Å². The zero-order valence-electron chi connectivity index (χ0n) is 27.1. The number of hydrogen-bond donors (Lipinski definition) is 2. The van der Waals surface area contributed by atoms with E-state index in [-0.39, 0.29) is 41.7 Å². The summed E-state index contributed by atoms with van der Waals surface area (Å²) in [5.74, 6) is 1.52. The van der Waals surface area contributed by atoms with E-state index in [2.05, 4.69) is 20.8 Å². The van der Waals surface area contributed by atoms with E-state index in [1.807, 2.05) is 13.8 Å². The third-order valence-corrected chi connectivity index (χ3v) is 15.0. The van der Waals surface area contributed by atoms with Crippen LogP contribution in [0.5, 0.6) is 0 Å². The molecule has 0 amide bonds. The molecule has 8 fully saturated rings. The summed E-state index contributed by atoms with van der Waals surface area (Å²) in [6.45, 7) is 13.0. The second kappa shape index (κ2) is 9.19. The number of carbonyl (C=O) groups excluding carboxylic acids is 1. The molecule has 2 bridgehead atoms. The molecule has 14 atom stereocenters. The lowest BCUT2D eigenvalue weighted by molar-refractivity contribution is -0.264. The van der Waals surface area contributed by atoms with Crippen LogP contribution in [0.1, 0.15) is 112 Å². The van der Waals surface area contributed by atoms with Crippen molar-refractivity contribution in [3.05, 3.63) is 0 Å². The van der Waals surface area contributed by atoms with Crippen molar-refractivity contribution in [2.75, 3.05) is 6.61 Å². The van der Waals surface area contributed by atoms with Gasteiger partial charge in [0, 0.05) is 25.7 Å². The lowest BCUT2D eigenvalue weighted by Gasteiger charge is -2.59. The van der Waals surface area contributed by atoms with Crippen molar-refractivity contribution >= 4 is 5.97 Å². The van der Waals surface area contributed by atoms with Crippen molar-refractivity contribution in [2.45, 2.75) is 160 Å². The number of hydrogen-bond acceptors (Lipinski definition) is 8. The maximum absolute atomic E-state index is 11.9. The van der Waals surface area contributed by atoms with Crippen LogP contribution in [0.15, 0.2) is 0 Å². The molecule has 5 aliphatic carbocycles. The minimum atomic E-state index is -0.822. The summed E-state index contributed by atoms with van der Waals surface area (Å²) in [7, 11) is 0. The van der Waals surface area contributed by atoms with Crippen LogP contribution in [0, 0.1) is 45.3 Å². The highest BCUT2D eigenvalue weighted by atomic mass is 16.8. The molecule has 8 aliphatic rings. The molecule has 8 heteroatoms. The number of rotatable bonds is 4. The van der Waals surface area contributed by atoms with E-state index in [1.165, 1.54) is 45.4 Å². The highest BCUT2D eigenvalue weighted by molar-refractivity contribution is 5.66. The van der Waals surface area contributed by atoms with Crippen molar-refractivity contribution in [3.63, 3.8) is 0 Å². The predicted octanol–water partition coefficient (Wildman–Crippen LogP) is 5.11. The second-order valence-corrected chi connectivity index (χ2v) is 17.5. The monoisotopic (exact) mass is 602 g/mol. The molecule has 43 heavy (non-hydrogen) atoms. The summed E-state index contributed by atoms with van der Waals surface area (Å²) < 4.78 is 32.2. The van der Waals surface area contributed by atoms with Gasteiger partial charge in [-0.25, -0.2) is 0 Å². The number of aliphatic hydroxyl groups excluding tert-OH is 2. The lowest BCUT2D eigenvalue weighted by Crippen LogP contribution is -2.56. The van der Waals surface area contributed by atoms with Crippen LogP contribution in [0.4, 0.5) is 0 Å². The average Bonchev–Trinajstić information content (AvgIpc) is 3.40. The van der Waals surface area contributed by atoms with Crippen LogP contribution < -0.4 is 0 Å². The van der Waals surface area contributed by atoms with Crippen LogP contribution >= 0.6 is 0 Å². The van der Waals surface area contributed by atoms with Gasteiger partial charge < -0.3 is 33.9 Å². The summed E-state index contributed by atoms with van der Waals surface area (Å²) in [5, 5.41) is 20.1. The van der Waals surface area contributed by atoms with Gasteiger partial charge in [-0.2, -0.15) is 0 Å². The van der Waals surface area contributed by atoms with Crippen LogP contribution in [0.25, 0.3) is 0 Å². The maximum atomic E-state index is 11.9. The number of ether oxygens (including phenoxy) is 5. The van der Waals surface area contributed by atoms with Gasteiger partial charge in [0.2, 0.25) is 0 Å². The molecule has 242 valence electrons. The Morgan fingerprint density at radius 2 is 1.65 bits per heavy atom. The first-order valence-corrected chi connectivity index (χ1v) is 17.4. The minimum absolute atomic E-state index is 0.0140. The van der Waals surface area contributed by atoms with Crippen LogP contribution in [-0.2, 0) is 28.5 Å². The van der Waals surface area contributed by atoms with Crippen molar-refractivity contribution in [1.29, 1.82) is 0 Å². The number of esters is 1. The molecule has 3 saturated heterocycles. The first kappa shape index (κ1) is 29.6. The third kappa shape index (κ3) is 3.86. The van der Waals surface area contributed by atoms with Gasteiger partial charge in [-0.3, -0.25) is 4.79 Å². The maximum Gasteiger partial charge on any atom is 0.303 e. The van der Waals surface area contributed by atoms with Crippen molar-refractivity contribution in [3.8, 4) is 0 Å². The Kier molecular flexibility index (Phi) is 6.33. The lowest BCUT2D eigenvalue weighted by atomic mass is 9.46. The van der Waals surface area contributed by atoms with Crippen molar-refractivity contribution < 1.29 is 38.7 Å². The fraction of sp³-hybridized carbons (Fsp3) is 0.971. The Bertz CT molecular complexity index is 1170. The fourth-order valence-corrected chi connectivity index (χ4v) is 13.2. The predicted molar refractivity (Wildman–Crippen MR) is 156 cm³/mol. The molecule has 3 aliphatic heterocycles. The molecule has 3 heterocycles. The first-order chi connectivity index (χ1) is 20.2. The molecule has 8 nitrogen and oxygen atoms in total. The SMILES string of the molecule is CC(=O)OC(C)(C)C1OC23CC4C5CCC6C(C)(C)C(OC7CC(O)C(O)CO7)CCC67CC57CCC4(C)C2CCC1O3. The van der Waals surface area contributed by atoms with Gasteiger partial charge in [0.05, 0.1) is 24.9 Å². The zero-order valence-corrected chi connectivity index (χ0v) is 27.1. The molecule has 2 N–H and O–H groups in total. The molecule has 0 aromatic heterocycles. The quantitative estimate of drug-likeness (QED) is 0.338. The Morgan fingerprint density at radius 1 is 0.884 bits per heavy atom. The third-order valence-electron chi connectivity index (χ3n) is 15.0. The fourth-order valence-electron chi connectivity index (χ4n) is 13.2. The van der Waals surface area contributed by atoms with Crippen LogP contribution in [-0.4, -0.2) is 71.0 Å². The molecular weight excluding hydrogens is 548 g/mol. The molecule has 8 rings (SSSR count). The van der Waals surface area contributed by atoms with Crippen LogP contribution in [0.3, 0.4) is 0 Å². The van der Waals surface area contributed by atoms with Crippen molar-refractivity contribution in [2.24, 2.45) is 45.3 Å². The Hall–Kier alpha value is -0.770. The van der Waals surface area contributed by atoms with Gasteiger partial charge >= 0.3 is 5.97 Å². The highest BCUT2D eigenvalue weighted by Gasteiger charge is 2.82. The van der Waals surface area contributed by atoms with E-state index >= 15 is 0 Å². The molecule has 0 radical (unpaired) electrons. The average molecular weight is 603 g/mol. The van der Waals surface area contributed by atoms with Gasteiger partial charge in [0.25, 0.3) is 0 Å². The van der Waals surface area contributed by atoms with E-state index in [9.17, 15) is 15.0 Å². The topological polar surface area (TPSA) is 104 Å². The smallest absolute Gasteiger partial charge is 0.303 e. The van der Waals surface area contributed by atoms with Crippen molar-refractivity contribution in [1.82, 2.24) is 0 Å². The number of aliphatic hydroxyl groups is 2. The van der Waals surface area contributed by atoms with Gasteiger partial charge in [-0.15, -0.1) is 0 Å². The summed E-state index contributed by atoms with van der Waals surface area (Å²) in [6.07, 6.45) is 9.91. The first-order valence-electron chi connectivity index (χ1n) is 17.4. The summed E-state index contributed by atoms with van der Waals surface area (Å²) >= 11 is 0. The summed E-state index contributed by atoms with van der Waals surface area (Å²) in [5.41, 5.74) is 0.353. The molecular formula is C35H54O8. The number of fused-ring (bicyclic) bond motifs is 4. The minimum Gasteiger partial charge on any atom is -0.457 e. The van der Waals surface area contributed by atoms with Gasteiger partial charge in [0.15, 0.2) is 12.1 Å². The van der Waals surface area contributed by atoms with E-state index in [1.54, 1.807) is 0 Å². The summed E-state index contributed by atoms with van der Waals surface area (Å²) in [4.78, 5) is 11.9. The number of carbonyl (C=O) groups is 1.